The van der Waals surface area contributed by atoms with Crippen LogP contribution in [-0.2, 0) is 16.1 Å². The maximum atomic E-state index is 12.9. The summed E-state index contributed by atoms with van der Waals surface area (Å²) in [6.07, 6.45) is 7.13. The monoisotopic (exact) mass is 317 g/mol. The number of hydrogen-bond acceptors (Lipinski definition) is 2. The van der Waals surface area contributed by atoms with E-state index in [0.29, 0.717) is 6.42 Å². The van der Waals surface area contributed by atoms with Crippen LogP contribution in [-0.4, -0.2) is 19.2 Å². The van der Waals surface area contributed by atoms with Crippen LogP contribution in [0.5, 0.6) is 0 Å². The summed E-state index contributed by atoms with van der Waals surface area (Å²) in [6, 6.07) is 9.62. The number of unbranched alkanes of at least 4 members (excludes halogenated alkanes) is 1. The van der Waals surface area contributed by atoms with E-state index in [-0.39, 0.29) is 5.76 Å². The van der Waals surface area contributed by atoms with E-state index >= 15 is 0 Å². The maximum absolute atomic E-state index is 12.9. The molecule has 0 amide bonds. The first-order chi connectivity index (χ1) is 10.4. The minimum Gasteiger partial charge on any atom is -0.513 e. The second kappa shape index (κ2) is 6.88. The molecule has 0 aliphatic rings. The van der Waals surface area contributed by atoms with E-state index in [4.69, 9.17) is 5.11 Å². The van der Waals surface area contributed by atoms with Crippen molar-refractivity contribution in [2.24, 2.45) is 0 Å². The van der Waals surface area contributed by atoms with Crippen molar-refractivity contribution >= 4 is 15.6 Å². The molecule has 0 saturated heterocycles. The van der Waals surface area contributed by atoms with Crippen molar-refractivity contribution in [1.29, 1.82) is 0 Å². The van der Waals surface area contributed by atoms with E-state index in [0.717, 1.165) is 35.3 Å². The average molecular weight is 317 g/mol. The van der Waals surface area contributed by atoms with Crippen molar-refractivity contribution in [1.82, 2.24) is 3.97 Å². The van der Waals surface area contributed by atoms with Crippen molar-refractivity contribution in [3.05, 3.63) is 66.2 Å². The molecule has 0 saturated carbocycles. The molecule has 118 valence electrons. The van der Waals surface area contributed by atoms with Crippen molar-refractivity contribution in [3.8, 4) is 0 Å². The van der Waals surface area contributed by atoms with Crippen LogP contribution >= 0.6 is 0 Å². The number of aryl methyl sites for hydroxylation is 2. The number of benzene rings is 1. The molecule has 0 aliphatic carbocycles. The number of hydrogen-bond donors (Lipinski definition) is 1. The van der Waals surface area contributed by atoms with Gasteiger partial charge < -0.3 is 5.11 Å². The number of aliphatic hydroxyl groups excluding tert-OH is 1. The number of aromatic nitrogens is 1. The Morgan fingerprint density at radius 2 is 1.91 bits per heavy atom. The Bertz CT molecular complexity index is 740. The van der Waals surface area contributed by atoms with E-state index in [9.17, 15) is 4.21 Å². The Labute approximate surface area is 133 Å². The van der Waals surface area contributed by atoms with Crippen LogP contribution in [0.4, 0.5) is 0 Å². The van der Waals surface area contributed by atoms with Gasteiger partial charge in [0.15, 0.2) is 0 Å². The van der Waals surface area contributed by atoms with Crippen LogP contribution in [0.2, 0.25) is 0 Å². The Morgan fingerprint density at radius 3 is 2.55 bits per heavy atom. The summed E-state index contributed by atoms with van der Waals surface area (Å²) in [4.78, 5) is 0.733. The summed E-state index contributed by atoms with van der Waals surface area (Å²) in [6.45, 7) is 5.48. The molecule has 0 bridgehead atoms. The highest BCUT2D eigenvalue weighted by Crippen LogP contribution is 2.17. The first kappa shape index (κ1) is 16.4. The smallest absolute Gasteiger partial charge is 0.0851 e. The normalized spacial score (nSPS) is 13.7. The molecule has 0 aliphatic heterocycles. The third kappa shape index (κ3) is 4.04. The fourth-order valence-electron chi connectivity index (χ4n) is 2.28. The first-order valence-corrected chi connectivity index (χ1v) is 9.06. The lowest BCUT2D eigenvalue weighted by Gasteiger charge is -2.11. The van der Waals surface area contributed by atoms with Gasteiger partial charge in [0.1, 0.15) is 0 Å². The van der Waals surface area contributed by atoms with Gasteiger partial charge in [-0.05, 0) is 55.8 Å². The van der Waals surface area contributed by atoms with Crippen LogP contribution in [0.3, 0.4) is 0 Å². The van der Waals surface area contributed by atoms with E-state index in [1.54, 1.807) is 3.97 Å². The summed E-state index contributed by atoms with van der Waals surface area (Å²) in [5, 5.41) is 9.06. The Balaban J connectivity index is 2.06. The molecule has 1 N–H and O–H groups in total. The first-order valence-electron chi connectivity index (χ1n) is 7.37. The van der Waals surface area contributed by atoms with Gasteiger partial charge in [0.2, 0.25) is 0 Å². The summed E-state index contributed by atoms with van der Waals surface area (Å²) >= 11 is 0. The predicted molar refractivity (Wildman–Crippen MR) is 93.9 cm³/mol. The molecule has 0 spiro atoms. The van der Waals surface area contributed by atoms with Gasteiger partial charge in [-0.2, -0.15) is 0 Å². The summed E-state index contributed by atoms with van der Waals surface area (Å²) < 4.78 is 14.6. The standard InChI is InChI=1S/C18H23NO2S/c1-15-8-10-18(11-9-15)22(3,21)19-13-12-17(14-19)7-5-4-6-16(2)20/h8-14,20H,2-7H2,1H3. The maximum Gasteiger partial charge on any atom is 0.0851 e. The summed E-state index contributed by atoms with van der Waals surface area (Å²) in [5.41, 5.74) is 2.27. The summed E-state index contributed by atoms with van der Waals surface area (Å²) in [7, 11) is -2.52. The predicted octanol–water partition coefficient (Wildman–Crippen LogP) is 4.12. The number of rotatable bonds is 7. The molecule has 22 heavy (non-hydrogen) atoms. The van der Waals surface area contributed by atoms with Gasteiger partial charge in [0.05, 0.1) is 15.5 Å². The second-order valence-electron chi connectivity index (χ2n) is 5.61. The van der Waals surface area contributed by atoms with Crippen molar-refractivity contribution in [2.45, 2.75) is 37.5 Å². The van der Waals surface area contributed by atoms with Gasteiger partial charge in [0.25, 0.3) is 0 Å². The van der Waals surface area contributed by atoms with Gasteiger partial charge in [-0.3, -0.25) is 3.97 Å². The fourth-order valence-corrected chi connectivity index (χ4v) is 3.65. The zero-order chi connectivity index (χ0) is 16.2. The summed E-state index contributed by atoms with van der Waals surface area (Å²) in [5.74, 6) is 4.15. The van der Waals surface area contributed by atoms with E-state index in [2.05, 4.69) is 12.4 Å². The third-order valence-corrected chi connectivity index (χ3v) is 5.56. The average Bonchev–Trinajstić information content (AvgIpc) is 2.93. The lowest BCUT2D eigenvalue weighted by Crippen LogP contribution is -2.10. The zero-order valence-electron chi connectivity index (χ0n) is 13.0. The topological polar surface area (TPSA) is 42.2 Å². The van der Waals surface area contributed by atoms with E-state index in [1.807, 2.05) is 49.6 Å². The molecule has 2 rings (SSSR count). The highest BCUT2D eigenvalue weighted by molar-refractivity contribution is 7.99. The molecule has 1 aromatic heterocycles. The quantitative estimate of drug-likeness (QED) is 0.474. The molecule has 0 radical (unpaired) electrons. The minimum atomic E-state index is -2.52. The van der Waals surface area contributed by atoms with Crippen molar-refractivity contribution < 1.29 is 9.32 Å². The molecule has 0 fully saturated rings. The molecule has 1 aromatic carbocycles. The zero-order valence-corrected chi connectivity index (χ0v) is 13.8. The largest absolute Gasteiger partial charge is 0.513 e. The minimum absolute atomic E-state index is 0.234. The van der Waals surface area contributed by atoms with Crippen LogP contribution in [0, 0.1) is 6.92 Å². The van der Waals surface area contributed by atoms with Crippen LogP contribution in [0.15, 0.2) is 60.0 Å². The van der Waals surface area contributed by atoms with Gasteiger partial charge >= 0.3 is 0 Å². The lowest BCUT2D eigenvalue weighted by molar-refractivity contribution is 0.385. The highest BCUT2D eigenvalue weighted by Gasteiger charge is 2.10. The number of allylic oxidation sites excluding steroid dienone is 1. The molecular weight excluding hydrogens is 294 g/mol. The van der Waals surface area contributed by atoms with E-state index in [1.165, 1.54) is 0 Å². The van der Waals surface area contributed by atoms with Gasteiger partial charge in [-0.15, -0.1) is 0 Å². The van der Waals surface area contributed by atoms with Crippen molar-refractivity contribution in [2.75, 3.05) is 0 Å². The van der Waals surface area contributed by atoms with Crippen LogP contribution < -0.4 is 0 Å². The van der Waals surface area contributed by atoms with Crippen LogP contribution in [0.25, 0.3) is 0 Å². The molecule has 3 nitrogen and oxygen atoms in total. The number of nitrogens with zero attached hydrogens (tertiary/aromatic N) is 1. The van der Waals surface area contributed by atoms with Gasteiger partial charge in [-0.25, -0.2) is 4.21 Å². The Kier molecular flexibility index (Phi) is 5.14. The molecular formula is C18H23NO2S. The third-order valence-electron chi connectivity index (χ3n) is 3.64. The molecule has 1 atom stereocenters. The molecule has 2 aromatic rings. The molecule has 1 unspecified atom stereocenters. The van der Waals surface area contributed by atoms with Crippen LogP contribution in [0.1, 0.15) is 30.4 Å². The van der Waals surface area contributed by atoms with Crippen molar-refractivity contribution in [3.63, 3.8) is 0 Å². The fraction of sp³-hybridized carbons (Fsp3) is 0.278. The molecule has 4 heteroatoms. The Hall–Kier alpha value is -1.94. The van der Waals surface area contributed by atoms with Gasteiger partial charge in [-0.1, -0.05) is 24.3 Å². The highest BCUT2D eigenvalue weighted by atomic mass is 32.2. The Morgan fingerprint density at radius 1 is 1.23 bits per heavy atom. The SMILES string of the molecule is C=C(O)CCCCc1ccn(S(=C)(=O)c2ccc(C)cc2)c1. The van der Waals surface area contributed by atoms with Gasteiger partial charge in [0, 0.05) is 23.7 Å². The van der Waals surface area contributed by atoms with E-state index < -0.39 is 9.71 Å². The lowest BCUT2D eigenvalue weighted by atomic mass is 10.1. The molecule has 1 heterocycles. The number of aliphatic hydroxyl groups is 1. The second-order valence-corrected chi connectivity index (χ2v) is 7.78.